The van der Waals surface area contributed by atoms with Gasteiger partial charge < -0.3 is 10.4 Å². The van der Waals surface area contributed by atoms with Crippen LogP contribution in [0.2, 0.25) is 0 Å². The monoisotopic (exact) mass is 341 g/mol. The molecule has 1 aromatic heterocycles. The number of halogens is 3. The van der Waals surface area contributed by atoms with Crippen molar-refractivity contribution in [1.82, 2.24) is 9.55 Å². The topological polar surface area (TPSA) is 104 Å². The van der Waals surface area contributed by atoms with Gasteiger partial charge in [0.05, 0.1) is 6.54 Å². The molecule has 0 saturated carbocycles. The molecule has 0 unspecified atom stereocenters. The highest BCUT2D eigenvalue weighted by atomic mass is 19.4. The summed E-state index contributed by atoms with van der Waals surface area (Å²) in [5, 5.41) is 11.6. The highest BCUT2D eigenvalue weighted by Gasteiger charge is 2.66. The average Bonchev–Trinajstić information content (AvgIpc) is 2.78. The smallest absolute Gasteiger partial charge is 0.368 e. The summed E-state index contributed by atoms with van der Waals surface area (Å²) >= 11 is 0. The first-order chi connectivity index (χ1) is 11.2. The van der Waals surface area contributed by atoms with Gasteiger partial charge >= 0.3 is 11.9 Å². The first kappa shape index (κ1) is 16.0. The van der Waals surface area contributed by atoms with E-state index in [9.17, 15) is 32.7 Å². The van der Waals surface area contributed by atoms with Crippen LogP contribution < -0.4 is 16.6 Å². The number of nitrogens with one attached hydrogen (secondary N) is 2. The van der Waals surface area contributed by atoms with E-state index in [2.05, 4.69) is 0 Å². The van der Waals surface area contributed by atoms with E-state index in [4.69, 9.17) is 0 Å². The fourth-order valence-corrected chi connectivity index (χ4v) is 2.54. The van der Waals surface area contributed by atoms with Crippen molar-refractivity contribution in [3.63, 3.8) is 0 Å². The summed E-state index contributed by atoms with van der Waals surface area (Å²) in [6.45, 7) is -0.201. The van der Waals surface area contributed by atoms with Crippen molar-refractivity contribution in [1.29, 1.82) is 0 Å². The van der Waals surface area contributed by atoms with E-state index in [0.717, 1.165) is 4.57 Å². The van der Waals surface area contributed by atoms with Crippen LogP contribution in [0.5, 0.6) is 0 Å². The third-order valence-electron chi connectivity index (χ3n) is 3.72. The molecule has 1 atom stereocenters. The Balaban J connectivity index is 2.25. The van der Waals surface area contributed by atoms with E-state index < -0.39 is 40.3 Å². The van der Waals surface area contributed by atoms with Gasteiger partial charge in [0, 0.05) is 0 Å². The van der Waals surface area contributed by atoms with Crippen molar-refractivity contribution in [3.05, 3.63) is 62.3 Å². The fourth-order valence-electron chi connectivity index (χ4n) is 2.54. The Kier molecular flexibility index (Phi) is 3.37. The van der Waals surface area contributed by atoms with E-state index >= 15 is 0 Å². The predicted octanol–water partition coefficient (Wildman–Crippen LogP) is 0.287. The van der Waals surface area contributed by atoms with Crippen LogP contribution >= 0.6 is 0 Å². The summed E-state index contributed by atoms with van der Waals surface area (Å²) in [6.07, 6.45) is -5.43. The van der Waals surface area contributed by atoms with Crippen LogP contribution in [0.15, 0.2) is 39.9 Å². The van der Waals surface area contributed by atoms with Gasteiger partial charge in [0.15, 0.2) is 0 Å². The number of carbonyl (C=O) groups excluding carboxylic acids is 1. The number of H-pyrrole nitrogens is 1. The largest absolute Gasteiger partial charge is 0.431 e. The second-order valence-corrected chi connectivity index (χ2v) is 5.22. The number of hydrogen-bond donors (Lipinski definition) is 3. The number of rotatable bonds is 2. The molecule has 0 fully saturated rings. The number of aromatic nitrogens is 2. The maximum absolute atomic E-state index is 13.2. The van der Waals surface area contributed by atoms with Crippen LogP contribution in [-0.2, 0) is 16.9 Å². The molecule has 0 aliphatic carbocycles. The van der Waals surface area contributed by atoms with Gasteiger partial charge in [-0.15, -0.1) is 0 Å². The molecule has 0 spiro atoms. The summed E-state index contributed by atoms with van der Waals surface area (Å²) in [5.41, 5.74) is -7.19. The summed E-state index contributed by atoms with van der Waals surface area (Å²) in [6, 6.07) is 8.22. The highest BCUT2D eigenvalue weighted by molar-refractivity contribution is 6.04. The molecule has 2 aromatic rings. The van der Waals surface area contributed by atoms with E-state index in [1.807, 2.05) is 0 Å². The molecular weight excluding hydrogens is 331 g/mol. The van der Waals surface area contributed by atoms with Crippen molar-refractivity contribution in [2.75, 3.05) is 5.32 Å². The Morgan fingerprint density at radius 3 is 2.33 bits per heavy atom. The van der Waals surface area contributed by atoms with Crippen LogP contribution in [0.4, 0.5) is 19.0 Å². The molecule has 3 N–H and O–H groups in total. The number of anilines is 1. The molecule has 3 rings (SSSR count). The molecule has 0 radical (unpaired) electrons. The molecule has 1 aliphatic heterocycles. The minimum absolute atomic E-state index is 0.201. The average molecular weight is 341 g/mol. The zero-order valence-corrected chi connectivity index (χ0v) is 11.8. The molecule has 10 heteroatoms. The van der Waals surface area contributed by atoms with Crippen LogP contribution in [0.3, 0.4) is 0 Å². The zero-order chi connectivity index (χ0) is 17.7. The van der Waals surface area contributed by atoms with Crippen molar-refractivity contribution < 1.29 is 23.1 Å². The quantitative estimate of drug-likeness (QED) is 0.730. The minimum Gasteiger partial charge on any atom is -0.368 e. The van der Waals surface area contributed by atoms with Crippen LogP contribution in [0.25, 0.3) is 0 Å². The van der Waals surface area contributed by atoms with Gasteiger partial charge in [0.1, 0.15) is 11.4 Å². The normalized spacial score (nSPS) is 19.9. The lowest BCUT2D eigenvalue weighted by Gasteiger charge is -2.22. The molecule has 7 nitrogen and oxygen atoms in total. The SMILES string of the molecule is O=C1Nc2c(c(=O)[nH]c(=O)n2Cc2ccccc2)[C@]1(O)C(F)(F)F. The van der Waals surface area contributed by atoms with Gasteiger partial charge in [0.25, 0.3) is 17.1 Å². The first-order valence-corrected chi connectivity index (χ1v) is 6.68. The molecular formula is C14H10F3N3O4. The van der Waals surface area contributed by atoms with Crippen LogP contribution in [0, 0.1) is 0 Å². The maximum atomic E-state index is 13.2. The molecule has 126 valence electrons. The van der Waals surface area contributed by atoms with Gasteiger partial charge in [-0.1, -0.05) is 30.3 Å². The summed E-state index contributed by atoms with van der Waals surface area (Å²) in [5.74, 6) is -2.50. The van der Waals surface area contributed by atoms with Gasteiger partial charge in [-0.25, -0.2) is 4.79 Å². The van der Waals surface area contributed by atoms with Gasteiger partial charge in [-0.3, -0.25) is 19.1 Å². The lowest BCUT2D eigenvalue weighted by Crippen LogP contribution is -2.50. The van der Waals surface area contributed by atoms with Crippen molar-refractivity contribution >= 4 is 11.7 Å². The van der Waals surface area contributed by atoms with E-state index in [0.29, 0.717) is 5.56 Å². The molecule has 1 aromatic carbocycles. The van der Waals surface area contributed by atoms with Crippen LogP contribution in [0.1, 0.15) is 11.1 Å². The third kappa shape index (κ3) is 2.14. The van der Waals surface area contributed by atoms with E-state index in [1.54, 1.807) is 40.6 Å². The summed E-state index contributed by atoms with van der Waals surface area (Å²) < 4.78 is 40.2. The predicted molar refractivity (Wildman–Crippen MR) is 75.4 cm³/mol. The number of alkyl halides is 3. The lowest BCUT2D eigenvalue weighted by molar-refractivity contribution is -0.252. The number of hydrogen-bond acceptors (Lipinski definition) is 4. The third-order valence-corrected chi connectivity index (χ3v) is 3.72. The molecule has 0 bridgehead atoms. The van der Waals surface area contributed by atoms with Crippen molar-refractivity contribution in [3.8, 4) is 0 Å². The summed E-state index contributed by atoms with van der Waals surface area (Å²) in [7, 11) is 0. The van der Waals surface area contributed by atoms with Crippen molar-refractivity contribution in [2.24, 2.45) is 0 Å². The van der Waals surface area contributed by atoms with Gasteiger partial charge in [0.2, 0.25) is 0 Å². The number of amides is 1. The first-order valence-electron chi connectivity index (χ1n) is 6.68. The number of carbonyl (C=O) groups is 1. The summed E-state index contributed by atoms with van der Waals surface area (Å²) in [4.78, 5) is 37.2. The zero-order valence-electron chi connectivity index (χ0n) is 11.8. The Morgan fingerprint density at radius 1 is 1.12 bits per heavy atom. The Morgan fingerprint density at radius 2 is 1.75 bits per heavy atom. The standard InChI is InChI=1S/C14H10F3N3O4/c15-14(16,17)13(24)8-9(18-11(13)22)20(12(23)19-10(8)21)6-7-4-2-1-3-5-7/h1-5,24H,6H2,(H,18,22)(H,19,21,23)/t13-/m1/s1. The Hall–Kier alpha value is -2.88. The van der Waals surface area contributed by atoms with Gasteiger partial charge in [-0.05, 0) is 5.56 Å². The minimum atomic E-state index is -5.43. The molecule has 24 heavy (non-hydrogen) atoms. The maximum Gasteiger partial charge on any atom is 0.431 e. The van der Waals surface area contributed by atoms with Crippen molar-refractivity contribution in [2.45, 2.75) is 18.3 Å². The van der Waals surface area contributed by atoms with Crippen LogP contribution in [-0.4, -0.2) is 26.7 Å². The number of aliphatic hydroxyl groups is 1. The Bertz CT molecular complexity index is 933. The second-order valence-electron chi connectivity index (χ2n) is 5.22. The number of fused-ring (bicyclic) bond motifs is 1. The number of aromatic amines is 1. The molecule has 2 heterocycles. The van der Waals surface area contributed by atoms with E-state index in [1.165, 1.54) is 0 Å². The molecule has 1 aliphatic rings. The van der Waals surface area contributed by atoms with E-state index in [-0.39, 0.29) is 6.54 Å². The number of nitrogens with zero attached hydrogens (tertiary/aromatic N) is 1. The Labute approximate surface area is 131 Å². The molecule has 1 amide bonds. The number of benzene rings is 1. The second kappa shape index (κ2) is 5.06. The van der Waals surface area contributed by atoms with Gasteiger partial charge in [-0.2, -0.15) is 13.2 Å². The fraction of sp³-hybridized carbons (Fsp3) is 0.214. The molecule has 0 saturated heterocycles. The lowest BCUT2D eigenvalue weighted by atomic mass is 9.97. The highest BCUT2D eigenvalue weighted by Crippen LogP contribution is 2.44.